The van der Waals surface area contributed by atoms with E-state index in [1.165, 1.54) is 12.3 Å². The summed E-state index contributed by atoms with van der Waals surface area (Å²) in [6, 6.07) is 0. The van der Waals surface area contributed by atoms with Crippen molar-refractivity contribution in [3.8, 4) is 0 Å². The molecule has 1 rings (SSSR count). The lowest BCUT2D eigenvalue weighted by Gasteiger charge is -1.92. The number of aromatic amines is 1. The molecule has 0 saturated heterocycles. The molecule has 1 atom stereocenters. The molecule has 2 N–H and O–H groups in total. The van der Waals surface area contributed by atoms with E-state index in [1.807, 2.05) is 0 Å². The highest BCUT2D eigenvalue weighted by Crippen LogP contribution is 2.13. The van der Waals surface area contributed by atoms with Crippen LogP contribution in [0.3, 0.4) is 0 Å². The van der Waals surface area contributed by atoms with Crippen molar-refractivity contribution in [1.29, 1.82) is 0 Å². The highest BCUT2D eigenvalue weighted by Gasteiger charge is 2.16. The van der Waals surface area contributed by atoms with Gasteiger partial charge < -0.3 is 15.2 Å². The number of H-pyrrole nitrogens is 1. The number of aliphatic hydroxyl groups excluding tert-OH is 1. The smallest absolute Gasteiger partial charge is 0.390 e. The molecule has 0 radical (unpaired) electrons. The normalized spacial score (nSPS) is 12.4. The fourth-order valence-electron chi connectivity index (χ4n) is 0.691. The minimum Gasteiger partial charge on any atom is -0.390 e. The number of hydrogen-bond donors (Lipinski definition) is 2. The summed E-state index contributed by atoms with van der Waals surface area (Å²) in [5, 5.41) is 19.2. The van der Waals surface area contributed by atoms with Crippen LogP contribution in [0, 0.1) is 10.1 Å². The molecule has 0 spiro atoms. The van der Waals surface area contributed by atoms with E-state index in [9.17, 15) is 10.1 Å². The van der Waals surface area contributed by atoms with Crippen molar-refractivity contribution in [2.45, 2.75) is 6.10 Å². The van der Waals surface area contributed by atoms with Crippen LogP contribution in [0.25, 0.3) is 0 Å². The third-order valence-electron chi connectivity index (χ3n) is 1.28. The van der Waals surface area contributed by atoms with Gasteiger partial charge >= 0.3 is 5.95 Å². The van der Waals surface area contributed by atoms with E-state index in [-0.39, 0.29) is 11.6 Å². The first-order chi connectivity index (χ1) is 5.65. The van der Waals surface area contributed by atoms with Crippen LogP contribution < -0.4 is 0 Å². The Hall–Kier alpha value is -1.69. The second-order valence-corrected chi connectivity index (χ2v) is 2.09. The van der Waals surface area contributed by atoms with E-state index < -0.39 is 11.0 Å². The van der Waals surface area contributed by atoms with Gasteiger partial charge in [0.05, 0.1) is 0 Å². The molecule has 0 aromatic carbocycles. The van der Waals surface area contributed by atoms with Crippen LogP contribution in [0.15, 0.2) is 18.9 Å². The fourth-order valence-corrected chi connectivity index (χ4v) is 0.691. The van der Waals surface area contributed by atoms with E-state index in [0.29, 0.717) is 0 Å². The summed E-state index contributed by atoms with van der Waals surface area (Å²) in [4.78, 5) is 15.3. The number of hydrogen-bond acceptors (Lipinski definition) is 4. The van der Waals surface area contributed by atoms with Gasteiger partial charge in [-0.1, -0.05) is 11.1 Å². The maximum Gasteiger partial charge on any atom is 0.432 e. The molecule has 0 bridgehead atoms. The zero-order valence-corrected chi connectivity index (χ0v) is 6.10. The number of nitrogens with one attached hydrogen (secondary N) is 1. The monoisotopic (exact) mass is 169 g/mol. The van der Waals surface area contributed by atoms with Crippen LogP contribution in [-0.4, -0.2) is 20.0 Å². The number of nitrogens with zero attached hydrogens (tertiary/aromatic N) is 2. The first-order valence-electron chi connectivity index (χ1n) is 3.15. The highest BCUT2D eigenvalue weighted by atomic mass is 16.6. The Morgan fingerprint density at radius 3 is 3.00 bits per heavy atom. The maximum absolute atomic E-state index is 10.1. The molecule has 1 aromatic heterocycles. The molecule has 0 amide bonds. The standard InChI is InChI=1S/C6H7N3O3/c1-2-5(10)4-3-7-6(8-4)9(11)12/h2-3,5,10H,1H2,(H,7,8). The molecule has 1 unspecified atom stereocenters. The van der Waals surface area contributed by atoms with Crippen LogP contribution in [0.2, 0.25) is 0 Å². The lowest BCUT2D eigenvalue weighted by molar-refractivity contribution is -0.393. The Bertz CT molecular complexity index is 307. The molecular weight excluding hydrogens is 162 g/mol. The van der Waals surface area contributed by atoms with Gasteiger partial charge in [0.2, 0.25) is 0 Å². The van der Waals surface area contributed by atoms with Crippen molar-refractivity contribution in [3.05, 3.63) is 34.7 Å². The fraction of sp³-hybridized carbons (Fsp3) is 0.167. The van der Waals surface area contributed by atoms with Crippen LogP contribution >= 0.6 is 0 Å². The molecule has 0 aliphatic carbocycles. The van der Waals surface area contributed by atoms with Gasteiger partial charge in [-0.3, -0.25) is 0 Å². The lowest BCUT2D eigenvalue weighted by atomic mass is 10.3. The summed E-state index contributed by atoms with van der Waals surface area (Å²) < 4.78 is 0. The predicted octanol–water partition coefficient (Wildman–Crippen LogP) is 0.537. The summed E-state index contributed by atoms with van der Waals surface area (Å²) in [5.41, 5.74) is 0.191. The van der Waals surface area contributed by atoms with Gasteiger partial charge in [-0.05, 0) is 4.92 Å². The minimum atomic E-state index is -0.963. The number of aromatic nitrogens is 2. The Kier molecular flexibility index (Phi) is 2.20. The second kappa shape index (κ2) is 3.14. The van der Waals surface area contributed by atoms with Crippen molar-refractivity contribution >= 4 is 5.95 Å². The summed E-state index contributed by atoms with van der Waals surface area (Å²) in [7, 11) is 0. The quantitative estimate of drug-likeness (QED) is 0.392. The zero-order chi connectivity index (χ0) is 9.14. The molecule has 1 heterocycles. The number of aliphatic hydroxyl groups is 1. The molecule has 6 nitrogen and oxygen atoms in total. The van der Waals surface area contributed by atoms with Crippen LogP contribution in [0.1, 0.15) is 11.8 Å². The number of imidazole rings is 1. The van der Waals surface area contributed by atoms with Gasteiger partial charge in [0.15, 0.2) is 5.69 Å². The second-order valence-electron chi connectivity index (χ2n) is 2.09. The van der Waals surface area contributed by atoms with E-state index in [1.54, 1.807) is 0 Å². The SMILES string of the molecule is C=CC(O)c1c[nH]c([N+](=O)[O-])n1. The van der Waals surface area contributed by atoms with Crippen molar-refractivity contribution < 1.29 is 10.0 Å². The summed E-state index contributed by atoms with van der Waals surface area (Å²) in [6.45, 7) is 3.32. The van der Waals surface area contributed by atoms with Gasteiger partial charge in [-0.15, -0.1) is 6.58 Å². The van der Waals surface area contributed by atoms with Gasteiger partial charge in [-0.2, -0.15) is 0 Å². The summed E-state index contributed by atoms with van der Waals surface area (Å²) in [6.07, 6.45) is 1.54. The largest absolute Gasteiger partial charge is 0.432 e. The molecular formula is C6H7N3O3. The van der Waals surface area contributed by atoms with Crippen molar-refractivity contribution in [2.75, 3.05) is 0 Å². The van der Waals surface area contributed by atoms with Crippen LogP contribution in [0.4, 0.5) is 5.95 Å². The van der Waals surface area contributed by atoms with E-state index in [0.717, 1.165) is 0 Å². The molecule has 12 heavy (non-hydrogen) atoms. The number of nitro groups is 1. The van der Waals surface area contributed by atoms with Gasteiger partial charge in [-0.25, -0.2) is 4.98 Å². The third kappa shape index (κ3) is 1.48. The average molecular weight is 169 g/mol. The zero-order valence-electron chi connectivity index (χ0n) is 6.10. The Labute approximate surface area is 67.7 Å². The highest BCUT2D eigenvalue weighted by molar-refractivity contribution is 5.15. The molecule has 1 aromatic rings. The van der Waals surface area contributed by atoms with Crippen molar-refractivity contribution in [1.82, 2.24) is 9.97 Å². The molecule has 0 fully saturated rings. The van der Waals surface area contributed by atoms with Crippen LogP contribution in [-0.2, 0) is 0 Å². The average Bonchev–Trinajstić information content (AvgIpc) is 2.51. The van der Waals surface area contributed by atoms with Gasteiger partial charge in [0.1, 0.15) is 12.3 Å². The molecule has 64 valence electrons. The molecule has 0 saturated carbocycles. The molecule has 0 aliphatic rings. The van der Waals surface area contributed by atoms with E-state index in [4.69, 9.17) is 5.11 Å². The first kappa shape index (κ1) is 8.41. The predicted molar refractivity (Wildman–Crippen MR) is 40.4 cm³/mol. The number of rotatable bonds is 3. The van der Waals surface area contributed by atoms with Crippen LogP contribution in [0.5, 0.6) is 0 Å². The third-order valence-corrected chi connectivity index (χ3v) is 1.28. The van der Waals surface area contributed by atoms with Gasteiger partial charge in [0, 0.05) is 0 Å². The maximum atomic E-state index is 10.1. The van der Waals surface area contributed by atoms with Crippen molar-refractivity contribution in [2.24, 2.45) is 0 Å². The Morgan fingerprint density at radius 2 is 2.58 bits per heavy atom. The molecule has 0 aliphatic heterocycles. The minimum absolute atomic E-state index is 0.191. The van der Waals surface area contributed by atoms with Crippen molar-refractivity contribution in [3.63, 3.8) is 0 Å². The Morgan fingerprint density at radius 1 is 1.92 bits per heavy atom. The van der Waals surface area contributed by atoms with E-state index >= 15 is 0 Å². The molecule has 6 heteroatoms. The summed E-state index contributed by atoms with van der Waals surface area (Å²) in [5.74, 6) is -0.383. The van der Waals surface area contributed by atoms with E-state index in [2.05, 4.69) is 16.5 Å². The van der Waals surface area contributed by atoms with Gasteiger partial charge in [0.25, 0.3) is 0 Å². The summed E-state index contributed by atoms with van der Waals surface area (Å²) >= 11 is 0. The lowest BCUT2D eigenvalue weighted by Crippen LogP contribution is -1.94. The topological polar surface area (TPSA) is 92.0 Å². The first-order valence-corrected chi connectivity index (χ1v) is 3.15. The Balaban J connectivity index is 2.91.